The van der Waals surface area contributed by atoms with Crippen molar-refractivity contribution in [2.24, 2.45) is 14.1 Å². The van der Waals surface area contributed by atoms with Crippen molar-refractivity contribution in [2.45, 2.75) is 78.9 Å². The monoisotopic (exact) mass is 721 g/mol. The maximum Gasteiger partial charge on any atom is 0.414 e. The van der Waals surface area contributed by atoms with Crippen molar-refractivity contribution < 1.29 is 23.9 Å². The van der Waals surface area contributed by atoms with E-state index in [-0.39, 0.29) is 18.0 Å². The van der Waals surface area contributed by atoms with Crippen molar-refractivity contribution in [3.05, 3.63) is 89.5 Å². The molecular formula is C41H51N7O5. The van der Waals surface area contributed by atoms with Crippen molar-refractivity contribution >= 4 is 58.3 Å². The van der Waals surface area contributed by atoms with E-state index in [0.717, 1.165) is 50.6 Å². The molecule has 12 heteroatoms. The normalized spacial score (nSPS) is 15.7. The molecule has 12 nitrogen and oxygen atoms in total. The molecule has 2 aliphatic rings. The van der Waals surface area contributed by atoms with Crippen molar-refractivity contribution in [3.8, 4) is 0 Å². The van der Waals surface area contributed by atoms with E-state index >= 15 is 0 Å². The quantitative estimate of drug-likeness (QED) is 0.210. The lowest BCUT2D eigenvalue weighted by Crippen LogP contribution is -2.39. The van der Waals surface area contributed by atoms with E-state index in [1.165, 1.54) is 0 Å². The van der Waals surface area contributed by atoms with Gasteiger partial charge in [0, 0.05) is 62.8 Å². The van der Waals surface area contributed by atoms with Crippen LogP contribution in [-0.4, -0.2) is 61.4 Å². The number of carbonyl (C=O) groups excluding carboxylic acids is 3. The van der Waals surface area contributed by atoms with Gasteiger partial charge < -0.3 is 24.3 Å². The van der Waals surface area contributed by atoms with E-state index in [1.54, 1.807) is 35.4 Å². The van der Waals surface area contributed by atoms with Crippen molar-refractivity contribution in [2.75, 3.05) is 28.6 Å². The standard InChI is InChI=1S/C22H27N3O3.C19H24N4O2/c1-15(26)10-16-6-7-20-19(11-16)17(12-18-13-24(5)14-23-18)8-9-25(20)21(27)28-22(2,3)4;1-19(2,3)25-18(24)23-8-7-13(9-15-11-22(4)12-21-15)16-10-14(20)5-6-17(16)23/h6-7,11-14H,8-10H2,1-5H3;5-6,9-12H,7-8,20H2,1-4H3/b17-12+;13-9+. The Balaban J connectivity index is 0.000000206. The molecule has 2 amide bonds. The SMILES string of the molecule is CC(=O)Cc1ccc2c(c1)/C(=C/c1cn(C)cn1)CCN2C(=O)OC(C)(C)C.Cn1cnc(/C=C2\CCN(C(=O)OC(C)(C)C)c3ccc(N)cc32)c1. The highest BCUT2D eigenvalue weighted by Crippen LogP contribution is 2.39. The Morgan fingerprint density at radius 1 is 0.736 bits per heavy atom. The summed E-state index contributed by atoms with van der Waals surface area (Å²) in [5.74, 6) is 0.106. The molecule has 0 radical (unpaired) electrons. The van der Waals surface area contributed by atoms with Crippen molar-refractivity contribution in [1.29, 1.82) is 0 Å². The lowest BCUT2D eigenvalue weighted by molar-refractivity contribution is -0.116. The van der Waals surface area contributed by atoms with Crippen LogP contribution in [0.2, 0.25) is 0 Å². The minimum Gasteiger partial charge on any atom is -0.443 e. The zero-order valence-electron chi connectivity index (χ0n) is 32.3. The molecule has 0 atom stereocenters. The summed E-state index contributed by atoms with van der Waals surface area (Å²) >= 11 is 0. The van der Waals surface area contributed by atoms with E-state index in [1.807, 2.05) is 120 Å². The van der Waals surface area contributed by atoms with Gasteiger partial charge in [-0.25, -0.2) is 19.6 Å². The van der Waals surface area contributed by atoms with Gasteiger partial charge in [-0.3, -0.25) is 14.6 Å². The van der Waals surface area contributed by atoms with E-state index in [9.17, 15) is 14.4 Å². The van der Waals surface area contributed by atoms with Gasteiger partial charge in [-0.1, -0.05) is 6.07 Å². The lowest BCUT2D eigenvalue weighted by atomic mass is 9.92. The first kappa shape index (κ1) is 38.6. The van der Waals surface area contributed by atoms with Crippen LogP contribution in [-0.2, 0) is 34.8 Å². The predicted octanol–water partition coefficient (Wildman–Crippen LogP) is 7.93. The van der Waals surface area contributed by atoms with E-state index in [0.29, 0.717) is 38.0 Å². The molecule has 0 saturated heterocycles. The summed E-state index contributed by atoms with van der Waals surface area (Å²) in [4.78, 5) is 49.0. The number of anilines is 3. The smallest absolute Gasteiger partial charge is 0.414 e. The number of nitrogens with two attached hydrogens (primary N) is 1. The number of nitrogens with zero attached hydrogens (tertiary/aromatic N) is 6. The van der Waals surface area contributed by atoms with Gasteiger partial charge in [0.05, 0.1) is 35.4 Å². The third kappa shape index (κ3) is 10.2. The molecular weight excluding hydrogens is 670 g/mol. The molecule has 0 spiro atoms. The highest BCUT2D eigenvalue weighted by atomic mass is 16.6. The van der Waals surface area contributed by atoms with E-state index < -0.39 is 11.2 Å². The van der Waals surface area contributed by atoms with Crippen molar-refractivity contribution in [1.82, 2.24) is 19.1 Å². The minimum absolute atomic E-state index is 0.106. The third-order valence-corrected chi connectivity index (χ3v) is 8.34. The molecule has 4 aromatic rings. The van der Waals surface area contributed by atoms with Crippen molar-refractivity contribution in [3.63, 3.8) is 0 Å². The summed E-state index contributed by atoms with van der Waals surface area (Å²) in [5, 5.41) is 0. The zero-order valence-corrected chi connectivity index (χ0v) is 32.3. The number of aromatic nitrogens is 4. The summed E-state index contributed by atoms with van der Waals surface area (Å²) in [6.07, 6.45) is 12.6. The topological polar surface area (TPSA) is 138 Å². The maximum atomic E-state index is 12.7. The zero-order chi connectivity index (χ0) is 38.7. The number of aryl methyl sites for hydroxylation is 2. The molecule has 2 N–H and O–H groups in total. The number of ketones is 1. The summed E-state index contributed by atoms with van der Waals surface area (Å²) in [6.45, 7) is 13.9. The number of nitrogen functional groups attached to an aromatic ring is 1. The number of Topliss-reactive ketones (excluding diaryl/α,β-unsaturated/α-hetero) is 1. The van der Waals surface area contributed by atoms with Gasteiger partial charge in [0.15, 0.2) is 0 Å². The Kier molecular flexibility index (Phi) is 11.3. The van der Waals surface area contributed by atoms with Crippen LogP contribution >= 0.6 is 0 Å². The summed E-state index contributed by atoms with van der Waals surface area (Å²) < 4.78 is 14.9. The maximum absolute atomic E-state index is 12.7. The van der Waals surface area contributed by atoms with Crippen LogP contribution in [0.3, 0.4) is 0 Å². The number of fused-ring (bicyclic) bond motifs is 2. The molecule has 2 aromatic carbocycles. The van der Waals surface area contributed by atoms with E-state index in [2.05, 4.69) is 9.97 Å². The number of imidazole rings is 2. The first-order valence-corrected chi connectivity index (χ1v) is 17.8. The number of hydrogen-bond acceptors (Lipinski definition) is 8. The highest BCUT2D eigenvalue weighted by molar-refractivity contribution is 5.99. The highest BCUT2D eigenvalue weighted by Gasteiger charge is 2.31. The number of benzene rings is 2. The third-order valence-electron chi connectivity index (χ3n) is 8.34. The lowest BCUT2D eigenvalue weighted by Gasteiger charge is -2.33. The fourth-order valence-electron chi connectivity index (χ4n) is 6.18. The average molecular weight is 722 g/mol. The molecule has 4 heterocycles. The average Bonchev–Trinajstić information content (AvgIpc) is 3.66. The predicted molar refractivity (Wildman–Crippen MR) is 210 cm³/mol. The first-order chi connectivity index (χ1) is 24.8. The largest absolute Gasteiger partial charge is 0.443 e. The summed E-state index contributed by atoms with van der Waals surface area (Å²) in [6, 6.07) is 11.4. The molecule has 0 aliphatic carbocycles. The number of carbonyl (C=O) groups is 3. The van der Waals surface area contributed by atoms with Gasteiger partial charge in [0.1, 0.15) is 17.0 Å². The van der Waals surface area contributed by atoms with Crippen LogP contribution in [0.4, 0.5) is 26.7 Å². The fourth-order valence-corrected chi connectivity index (χ4v) is 6.18. The van der Waals surface area contributed by atoms with Gasteiger partial charge in [-0.15, -0.1) is 0 Å². The molecule has 6 rings (SSSR count). The van der Waals surface area contributed by atoms with Crippen LogP contribution in [0, 0.1) is 0 Å². The second-order valence-corrected chi connectivity index (χ2v) is 15.5. The molecule has 2 aliphatic heterocycles. The molecule has 0 unspecified atom stereocenters. The van der Waals surface area contributed by atoms with Crippen LogP contribution in [0.25, 0.3) is 23.3 Å². The second-order valence-electron chi connectivity index (χ2n) is 15.5. The van der Waals surface area contributed by atoms with Gasteiger partial charge in [0.2, 0.25) is 0 Å². The Morgan fingerprint density at radius 2 is 1.19 bits per heavy atom. The Labute approximate surface area is 311 Å². The number of amides is 2. The second kappa shape index (κ2) is 15.5. The van der Waals surface area contributed by atoms with Crippen LogP contribution in [0.5, 0.6) is 0 Å². The van der Waals surface area contributed by atoms with Gasteiger partial charge in [0.25, 0.3) is 0 Å². The minimum atomic E-state index is -0.560. The number of ether oxygens (including phenoxy) is 2. The molecule has 0 fully saturated rings. The molecule has 0 bridgehead atoms. The van der Waals surface area contributed by atoms with Gasteiger partial charge in [-0.05, 0) is 121 Å². The Morgan fingerprint density at radius 3 is 1.60 bits per heavy atom. The molecule has 0 saturated carbocycles. The number of rotatable bonds is 4. The van der Waals surface area contributed by atoms with Crippen LogP contribution in [0.15, 0.2) is 61.4 Å². The Hall–Kier alpha value is -5.65. The summed E-state index contributed by atoms with van der Waals surface area (Å²) in [5.41, 5.74) is 14.0. The number of hydrogen-bond donors (Lipinski definition) is 1. The summed E-state index contributed by atoms with van der Waals surface area (Å²) in [7, 11) is 3.87. The van der Waals surface area contributed by atoms with Crippen LogP contribution in [0.1, 0.15) is 89.4 Å². The molecule has 280 valence electrons. The van der Waals surface area contributed by atoms with Gasteiger partial charge >= 0.3 is 12.2 Å². The molecule has 2 aromatic heterocycles. The van der Waals surface area contributed by atoms with Gasteiger partial charge in [-0.2, -0.15) is 0 Å². The fraction of sp³-hybridized carbons (Fsp3) is 0.390. The van der Waals surface area contributed by atoms with E-state index in [4.69, 9.17) is 15.2 Å². The molecule has 53 heavy (non-hydrogen) atoms. The Bertz CT molecular complexity index is 2060. The first-order valence-electron chi connectivity index (χ1n) is 17.8. The van der Waals surface area contributed by atoms with Crippen LogP contribution < -0.4 is 15.5 Å².